The number of primary amides is 1. The Labute approximate surface area is 116 Å². The third kappa shape index (κ3) is 3.44. The number of hydrogen-bond acceptors (Lipinski definition) is 3. The number of pyridine rings is 1. The highest BCUT2D eigenvalue weighted by Crippen LogP contribution is 2.24. The van der Waals surface area contributed by atoms with Gasteiger partial charge in [0.05, 0.1) is 10.9 Å². The molecule has 1 aromatic rings. The molecule has 0 saturated heterocycles. The molecule has 6 heteroatoms. The van der Waals surface area contributed by atoms with Gasteiger partial charge in [0.1, 0.15) is 5.69 Å². The van der Waals surface area contributed by atoms with Crippen molar-refractivity contribution in [3.05, 3.63) is 29.0 Å². The maximum atomic E-state index is 12.0. The van der Waals surface area contributed by atoms with Gasteiger partial charge in [0.2, 0.25) is 5.91 Å². The van der Waals surface area contributed by atoms with Crippen LogP contribution in [0.1, 0.15) is 36.2 Å². The van der Waals surface area contributed by atoms with E-state index in [1.165, 1.54) is 6.20 Å². The van der Waals surface area contributed by atoms with Crippen LogP contribution in [-0.4, -0.2) is 22.8 Å². The van der Waals surface area contributed by atoms with Crippen molar-refractivity contribution in [3.63, 3.8) is 0 Å². The van der Waals surface area contributed by atoms with Gasteiger partial charge in [-0.2, -0.15) is 0 Å². The van der Waals surface area contributed by atoms with Crippen LogP contribution in [0.3, 0.4) is 0 Å². The number of hydrogen-bond donors (Lipinski definition) is 2. The number of carbonyl (C=O) groups excluding carboxylic acids is 2. The van der Waals surface area contributed by atoms with Crippen molar-refractivity contribution in [3.8, 4) is 0 Å². The molecule has 0 bridgehead atoms. The quantitative estimate of drug-likeness (QED) is 0.881. The molecule has 0 aliphatic heterocycles. The molecule has 2 atom stereocenters. The summed E-state index contributed by atoms with van der Waals surface area (Å²) < 4.78 is 0. The van der Waals surface area contributed by atoms with E-state index in [0.29, 0.717) is 5.02 Å². The molecule has 1 aliphatic carbocycles. The van der Waals surface area contributed by atoms with Crippen molar-refractivity contribution < 1.29 is 9.59 Å². The summed E-state index contributed by atoms with van der Waals surface area (Å²) in [5.41, 5.74) is 5.66. The Kier molecular flexibility index (Phi) is 4.37. The highest BCUT2D eigenvalue weighted by molar-refractivity contribution is 6.30. The number of carbonyl (C=O) groups is 2. The molecule has 1 fully saturated rings. The molecular weight excluding hydrogens is 266 g/mol. The van der Waals surface area contributed by atoms with Crippen molar-refractivity contribution in [2.24, 2.45) is 11.7 Å². The molecule has 0 unspecified atom stereocenters. The van der Waals surface area contributed by atoms with Crippen LogP contribution in [0.25, 0.3) is 0 Å². The smallest absolute Gasteiger partial charge is 0.270 e. The monoisotopic (exact) mass is 281 g/mol. The fraction of sp³-hybridized carbons (Fsp3) is 0.462. The second-order valence-electron chi connectivity index (χ2n) is 4.73. The van der Waals surface area contributed by atoms with Crippen molar-refractivity contribution in [1.82, 2.24) is 10.3 Å². The van der Waals surface area contributed by atoms with Gasteiger partial charge in [-0.15, -0.1) is 0 Å². The maximum absolute atomic E-state index is 12.0. The fourth-order valence-corrected chi connectivity index (χ4v) is 2.51. The van der Waals surface area contributed by atoms with Crippen LogP contribution in [0.2, 0.25) is 5.02 Å². The lowest BCUT2D eigenvalue weighted by atomic mass is 9.84. The van der Waals surface area contributed by atoms with Gasteiger partial charge in [0.25, 0.3) is 5.91 Å². The molecule has 102 valence electrons. The Morgan fingerprint density at radius 1 is 1.32 bits per heavy atom. The zero-order valence-electron chi connectivity index (χ0n) is 10.4. The minimum absolute atomic E-state index is 0.198. The lowest BCUT2D eigenvalue weighted by molar-refractivity contribution is -0.123. The molecule has 1 heterocycles. The third-order valence-electron chi connectivity index (χ3n) is 3.41. The van der Waals surface area contributed by atoms with Crippen LogP contribution in [0.15, 0.2) is 18.3 Å². The lowest BCUT2D eigenvalue weighted by Gasteiger charge is -2.29. The number of halogens is 1. The number of amides is 2. The Balaban J connectivity index is 2.04. The summed E-state index contributed by atoms with van der Waals surface area (Å²) in [6.45, 7) is 0. The summed E-state index contributed by atoms with van der Waals surface area (Å²) in [6.07, 6.45) is 4.88. The largest absolute Gasteiger partial charge is 0.369 e. The second-order valence-corrected chi connectivity index (χ2v) is 5.17. The van der Waals surface area contributed by atoms with Crippen molar-refractivity contribution >= 4 is 23.4 Å². The Bertz CT molecular complexity index is 475. The molecular formula is C13H16ClN3O2. The summed E-state index contributed by atoms with van der Waals surface area (Å²) in [6, 6.07) is 2.96. The van der Waals surface area contributed by atoms with Crippen LogP contribution in [0.4, 0.5) is 0 Å². The van der Waals surface area contributed by atoms with E-state index >= 15 is 0 Å². The summed E-state index contributed by atoms with van der Waals surface area (Å²) >= 11 is 5.72. The topological polar surface area (TPSA) is 85.1 Å². The Hall–Kier alpha value is -1.62. The molecule has 1 aromatic heterocycles. The molecule has 3 N–H and O–H groups in total. The first-order valence-electron chi connectivity index (χ1n) is 6.29. The number of nitrogens with one attached hydrogen (secondary N) is 1. The zero-order valence-corrected chi connectivity index (χ0v) is 11.2. The van der Waals surface area contributed by atoms with Gasteiger partial charge < -0.3 is 11.1 Å². The van der Waals surface area contributed by atoms with Crippen LogP contribution in [0, 0.1) is 5.92 Å². The standard InChI is InChI=1S/C13H16ClN3O2/c14-8-5-6-11(16-7-8)13(19)17-10-4-2-1-3-9(10)12(15)18/h5-7,9-10H,1-4H2,(H2,15,18)(H,17,19)/t9-,10+/m1/s1. The van der Waals surface area contributed by atoms with E-state index in [1.807, 2.05) is 0 Å². The van der Waals surface area contributed by atoms with E-state index in [4.69, 9.17) is 17.3 Å². The third-order valence-corrected chi connectivity index (χ3v) is 3.63. The van der Waals surface area contributed by atoms with E-state index in [1.54, 1.807) is 12.1 Å². The average molecular weight is 282 g/mol. The summed E-state index contributed by atoms with van der Waals surface area (Å²) in [5, 5.41) is 3.32. The molecule has 0 spiro atoms. The van der Waals surface area contributed by atoms with Gasteiger partial charge in [-0.25, -0.2) is 4.98 Å². The van der Waals surface area contributed by atoms with E-state index in [9.17, 15) is 9.59 Å². The van der Waals surface area contributed by atoms with Crippen LogP contribution >= 0.6 is 11.6 Å². The SMILES string of the molecule is NC(=O)[C@@H]1CCCC[C@@H]1NC(=O)c1ccc(Cl)cn1. The number of nitrogens with two attached hydrogens (primary N) is 1. The summed E-state index contributed by atoms with van der Waals surface area (Å²) in [5.74, 6) is -0.936. The first kappa shape index (κ1) is 13.8. The molecule has 19 heavy (non-hydrogen) atoms. The minimum atomic E-state index is -0.353. The number of rotatable bonds is 3. The predicted molar refractivity (Wildman–Crippen MR) is 71.7 cm³/mol. The van der Waals surface area contributed by atoms with E-state index < -0.39 is 0 Å². The molecule has 5 nitrogen and oxygen atoms in total. The number of aromatic nitrogens is 1. The lowest BCUT2D eigenvalue weighted by Crippen LogP contribution is -2.47. The molecule has 1 aliphatic rings. The fourth-order valence-electron chi connectivity index (χ4n) is 2.40. The molecule has 1 saturated carbocycles. The average Bonchev–Trinajstić information content (AvgIpc) is 2.39. The van der Waals surface area contributed by atoms with Crippen molar-refractivity contribution in [1.29, 1.82) is 0 Å². The van der Waals surface area contributed by atoms with Crippen LogP contribution in [0.5, 0.6) is 0 Å². The van der Waals surface area contributed by atoms with Gasteiger partial charge in [-0.3, -0.25) is 9.59 Å². The van der Waals surface area contributed by atoms with Gasteiger partial charge in [0, 0.05) is 12.2 Å². The van der Waals surface area contributed by atoms with E-state index in [0.717, 1.165) is 25.7 Å². The van der Waals surface area contributed by atoms with E-state index in [-0.39, 0.29) is 29.5 Å². The van der Waals surface area contributed by atoms with Gasteiger partial charge in [-0.05, 0) is 25.0 Å². The van der Waals surface area contributed by atoms with E-state index in [2.05, 4.69) is 10.3 Å². The highest BCUT2D eigenvalue weighted by atomic mass is 35.5. The van der Waals surface area contributed by atoms with Crippen LogP contribution in [-0.2, 0) is 4.79 Å². The van der Waals surface area contributed by atoms with Gasteiger partial charge in [-0.1, -0.05) is 24.4 Å². The van der Waals surface area contributed by atoms with Gasteiger partial charge >= 0.3 is 0 Å². The Morgan fingerprint density at radius 3 is 2.68 bits per heavy atom. The summed E-state index contributed by atoms with van der Waals surface area (Å²) in [4.78, 5) is 27.3. The zero-order chi connectivity index (χ0) is 13.8. The predicted octanol–water partition coefficient (Wildman–Crippen LogP) is 1.51. The summed E-state index contributed by atoms with van der Waals surface area (Å²) in [7, 11) is 0. The first-order chi connectivity index (χ1) is 9.08. The highest BCUT2D eigenvalue weighted by Gasteiger charge is 2.30. The maximum Gasteiger partial charge on any atom is 0.270 e. The van der Waals surface area contributed by atoms with Crippen molar-refractivity contribution in [2.45, 2.75) is 31.7 Å². The minimum Gasteiger partial charge on any atom is -0.369 e. The normalized spacial score (nSPS) is 22.8. The van der Waals surface area contributed by atoms with Crippen LogP contribution < -0.4 is 11.1 Å². The molecule has 0 aromatic carbocycles. The Morgan fingerprint density at radius 2 is 2.05 bits per heavy atom. The molecule has 0 radical (unpaired) electrons. The molecule has 2 amide bonds. The first-order valence-corrected chi connectivity index (χ1v) is 6.67. The number of nitrogens with zero attached hydrogens (tertiary/aromatic N) is 1. The second kappa shape index (κ2) is 6.02. The van der Waals surface area contributed by atoms with Gasteiger partial charge in [0.15, 0.2) is 0 Å². The van der Waals surface area contributed by atoms with Crippen molar-refractivity contribution in [2.75, 3.05) is 0 Å². The molecule has 2 rings (SSSR count).